The number of piperidine rings is 2. The molecule has 144 valence electrons. The molecule has 2 aromatic rings. The smallest absolute Gasteiger partial charge is 0.141 e. The van der Waals surface area contributed by atoms with Crippen LogP contribution in [0.3, 0.4) is 0 Å². The van der Waals surface area contributed by atoms with E-state index in [9.17, 15) is 4.39 Å². The number of hydrogen-bond acceptors (Lipinski definition) is 3. The van der Waals surface area contributed by atoms with Crippen LogP contribution in [-0.2, 0) is 6.54 Å². The highest BCUT2D eigenvalue weighted by Crippen LogP contribution is 2.47. The van der Waals surface area contributed by atoms with Gasteiger partial charge in [-0.05, 0) is 78.3 Å². The Hall–Kier alpha value is -2.22. The lowest BCUT2D eigenvalue weighted by Gasteiger charge is -2.49. The van der Waals surface area contributed by atoms with E-state index in [2.05, 4.69) is 23.1 Å². The normalized spacial score (nSPS) is 27.0. The standard InChI is InChI=1S/C24H26FN3/c25-21-11-17(7-8-18(21)12-26)20-3-1-2-19(24(20)16-5-6-16)14-28-13-15-4-9-23(28)22(27)10-15/h1-3,7-8,11,15-16,22-23H,4-6,9-10,13-14,27H2. The van der Waals surface area contributed by atoms with Crippen LogP contribution in [0.4, 0.5) is 4.39 Å². The zero-order valence-corrected chi connectivity index (χ0v) is 16.1. The summed E-state index contributed by atoms with van der Waals surface area (Å²) in [6, 6.07) is 14.1. The molecule has 3 unspecified atom stereocenters. The average molecular weight is 375 g/mol. The van der Waals surface area contributed by atoms with Crippen molar-refractivity contribution in [3.8, 4) is 17.2 Å². The molecule has 2 N–H and O–H groups in total. The van der Waals surface area contributed by atoms with Crippen LogP contribution in [0.25, 0.3) is 11.1 Å². The molecule has 2 bridgehead atoms. The third-order valence-corrected chi connectivity index (χ3v) is 6.89. The fourth-order valence-electron chi connectivity index (χ4n) is 5.40. The van der Waals surface area contributed by atoms with Gasteiger partial charge >= 0.3 is 0 Å². The summed E-state index contributed by atoms with van der Waals surface area (Å²) < 4.78 is 14.3. The van der Waals surface area contributed by atoms with Gasteiger partial charge in [-0.3, -0.25) is 4.90 Å². The van der Waals surface area contributed by atoms with Crippen LogP contribution in [-0.4, -0.2) is 23.5 Å². The molecule has 6 rings (SSSR count). The van der Waals surface area contributed by atoms with Gasteiger partial charge in [0.2, 0.25) is 0 Å². The zero-order chi connectivity index (χ0) is 19.3. The molecule has 28 heavy (non-hydrogen) atoms. The van der Waals surface area contributed by atoms with Crippen LogP contribution in [0.5, 0.6) is 0 Å². The minimum Gasteiger partial charge on any atom is -0.326 e. The van der Waals surface area contributed by atoms with Crippen molar-refractivity contribution in [1.29, 1.82) is 5.26 Å². The number of nitriles is 1. The van der Waals surface area contributed by atoms with Crippen molar-refractivity contribution in [2.75, 3.05) is 6.54 Å². The van der Waals surface area contributed by atoms with Crippen LogP contribution in [0.2, 0.25) is 0 Å². The first-order chi connectivity index (χ1) is 13.6. The molecule has 3 atom stereocenters. The van der Waals surface area contributed by atoms with Crippen LogP contribution in [0, 0.1) is 23.1 Å². The highest BCUT2D eigenvalue weighted by atomic mass is 19.1. The molecular formula is C24H26FN3. The summed E-state index contributed by atoms with van der Waals surface area (Å²) in [5, 5.41) is 9.03. The van der Waals surface area contributed by atoms with E-state index in [4.69, 9.17) is 11.0 Å². The first kappa shape index (κ1) is 17.8. The van der Waals surface area contributed by atoms with Crippen molar-refractivity contribution >= 4 is 0 Å². The summed E-state index contributed by atoms with van der Waals surface area (Å²) in [6.07, 6.45) is 6.10. The molecule has 4 fully saturated rings. The number of halogens is 1. The lowest BCUT2D eigenvalue weighted by molar-refractivity contribution is 0.0261. The second kappa shape index (κ2) is 6.99. The molecule has 0 amide bonds. The van der Waals surface area contributed by atoms with Crippen LogP contribution < -0.4 is 5.73 Å². The predicted octanol–water partition coefficient (Wildman–Crippen LogP) is 4.55. The van der Waals surface area contributed by atoms with Crippen molar-refractivity contribution < 1.29 is 4.39 Å². The minimum absolute atomic E-state index is 0.103. The van der Waals surface area contributed by atoms with Crippen molar-refractivity contribution in [1.82, 2.24) is 4.90 Å². The second-order valence-corrected chi connectivity index (χ2v) is 8.80. The first-order valence-electron chi connectivity index (χ1n) is 10.5. The van der Waals surface area contributed by atoms with E-state index in [1.54, 1.807) is 6.07 Å². The van der Waals surface area contributed by atoms with Gasteiger partial charge in [-0.1, -0.05) is 24.3 Å². The van der Waals surface area contributed by atoms with Gasteiger partial charge in [0, 0.05) is 25.2 Å². The van der Waals surface area contributed by atoms with E-state index in [0.717, 1.165) is 30.1 Å². The predicted molar refractivity (Wildman–Crippen MR) is 108 cm³/mol. The molecular weight excluding hydrogens is 349 g/mol. The van der Waals surface area contributed by atoms with Gasteiger partial charge < -0.3 is 5.73 Å². The molecule has 0 spiro atoms. The molecule has 2 saturated heterocycles. The molecule has 0 radical (unpaired) electrons. The fraction of sp³-hybridized carbons (Fsp3) is 0.458. The number of nitrogens with zero attached hydrogens (tertiary/aromatic N) is 2. The van der Waals surface area contributed by atoms with Crippen molar-refractivity contribution in [2.24, 2.45) is 11.7 Å². The highest BCUT2D eigenvalue weighted by molar-refractivity contribution is 5.71. The molecule has 4 aliphatic rings. The molecule has 2 aromatic carbocycles. The largest absolute Gasteiger partial charge is 0.326 e. The van der Waals surface area contributed by atoms with E-state index >= 15 is 0 Å². The van der Waals surface area contributed by atoms with Gasteiger partial charge in [0.05, 0.1) is 5.56 Å². The summed E-state index contributed by atoms with van der Waals surface area (Å²) in [7, 11) is 0. The lowest BCUT2D eigenvalue weighted by Crippen LogP contribution is -2.58. The van der Waals surface area contributed by atoms with E-state index in [1.165, 1.54) is 49.3 Å². The van der Waals surface area contributed by atoms with Gasteiger partial charge in [-0.25, -0.2) is 4.39 Å². The Labute approximate surface area is 166 Å². The Morgan fingerprint density at radius 2 is 2.00 bits per heavy atom. The van der Waals surface area contributed by atoms with Crippen LogP contribution in [0.1, 0.15) is 54.7 Å². The molecule has 2 aliphatic heterocycles. The summed E-state index contributed by atoms with van der Waals surface area (Å²) in [5.41, 5.74) is 11.3. The lowest BCUT2D eigenvalue weighted by atomic mass is 9.76. The molecule has 4 heteroatoms. The Balaban J connectivity index is 1.51. The second-order valence-electron chi connectivity index (χ2n) is 8.80. The number of nitrogens with two attached hydrogens (primary N) is 1. The molecule has 2 saturated carbocycles. The monoisotopic (exact) mass is 375 g/mol. The molecule has 0 aromatic heterocycles. The van der Waals surface area contributed by atoms with E-state index < -0.39 is 5.82 Å². The van der Waals surface area contributed by atoms with Gasteiger partial charge in [0.1, 0.15) is 11.9 Å². The Kier molecular flexibility index (Phi) is 4.45. The van der Waals surface area contributed by atoms with Gasteiger partial charge in [0.15, 0.2) is 0 Å². The van der Waals surface area contributed by atoms with Crippen LogP contribution in [0.15, 0.2) is 36.4 Å². The highest BCUT2D eigenvalue weighted by Gasteiger charge is 2.39. The summed E-state index contributed by atoms with van der Waals surface area (Å²) in [6.45, 7) is 2.09. The van der Waals surface area contributed by atoms with E-state index in [-0.39, 0.29) is 5.56 Å². The Morgan fingerprint density at radius 3 is 2.68 bits per heavy atom. The quantitative estimate of drug-likeness (QED) is 0.853. The van der Waals surface area contributed by atoms with Gasteiger partial charge in [0.25, 0.3) is 0 Å². The maximum absolute atomic E-state index is 14.3. The van der Waals surface area contributed by atoms with E-state index in [1.807, 2.05) is 12.1 Å². The average Bonchev–Trinajstić information content (AvgIpc) is 3.53. The van der Waals surface area contributed by atoms with Crippen molar-refractivity contribution in [3.63, 3.8) is 0 Å². The van der Waals surface area contributed by atoms with Gasteiger partial charge in [-0.2, -0.15) is 5.26 Å². The maximum Gasteiger partial charge on any atom is 0.141 e. The number of hydrogen-bond donors (Lipinski definition) is 1. The van der Waals surface area contributed by atoms with Crippen molar-refractivity contribution in [2.45, 2.75) is 56.7 Å². The third-order valence-electron chi connectivity index (χ3n) is 6.89. The summed E-state index contributed by atoms with van der Waals surface area (Å²) in [4.78, 5) is 2.59. The van der Waals surface area contributed by atoms with Crippen molar-refractivity contribution in [3.05, 3.63) is 58.9 Å². The fourth-order valence-corrected chi connectivity index (χ4v) is 5.40. The zero-order valence-electron chi connectivity index (χ0n) is 16.1. The topological polar surface area (TPSA) is 53.0 Å². The molecule has 2 heterocycles. The summed E-state index contributed by atoms with van der Waals surface area (Å²) in [5.74, 6) is 0.868. The minimum atomic E-state index is -0.438. The van der Waals surface area contributed by atoms with Crippen LogP contribution >= 0.6 is 0 Å². The first-order valence-corrected chi connectivity index (χ1v) is 10.5. The van der Waals surface area contributed by atoms with Gasteiger partial charge in [-0.15, -0.1) is 0 Å². The maximum atomic E-state index is 14.3. The molecule has 3 nitrogen and oxygen atoms in total. The number of fused-ring (bicyclic) bond motifs is 3. The number of rotatable bonds is 4. The third kappa shape index (κ3) is 3.13. The molecule has 2 aliphatic carbocycles. The number of benzene rings is 2. The SMILES string of the molecule is N#Cc1ccc(-c2cccc(CN3CC4CCC3C(N)C4)c2C2CC2)cc1F. The van der Waals surface area contributed by atoms with E-state index in [0.29, 0.717) is 18.0 Å². The Morgan fingerprint density at radius 1 is 1.14 bits per heavy atom. The Bertz CT molecular complexity index is 943. The summed E-state index contributed by atoms with van der Waals surface area (Å²) >= 11 is 0.